The molecule has 2 aromatic carbocycles. The molecule has 1 aliphatic rings. The molecule has 0 spiro atoms. The number of rotatable bonds is 6. The van der Waals surface area contributed by atoms with Crippen LogP contribution >= 0.6 is 35.0 Å². The van der Waals surface area contributed by atoms with Crippen LogP contribution in [-0.4, -0.2) is 38.0 Å². The fraction of sp³-hybridized carbons (Fsp3) is 0.350. The predicted molar refractivity (Wildman–Crippen MR) is 120 cm³/mol. The average molecular weight is 473 g/mol. The summed E-state index contributed by atoms with van der Waals surface area (Å²) < 4.78 is 27.2. The highest BCUT2D eigenvalue weighted by atomic mass is 35.5. The molecule has 1 saturated heterocycles. The fourth-order valence-corrected chi connectivity index (χ4v) is 5.66. The minimum Gasteiger partial charge on any atom is -0.326 e. The maximum atomic E-state index is 12.9. The second-order valence-electron chi connectivity index (χ2n) is 6.92. The molecule has 9 heteroatoms. The largest absolute Gasteiger partial charge is 0.326 e. The summed E-state index contributed by atoms with van der Waals surface area (Å²) in [7, 11) is -3.57. The van der Waals surface area contributed by atoms with Crippen LogP contribution in [0.25, 0.3) is 0 Å². The Morgan fingerprint density at radius 1 is 1.21 bits per heavy atom. The zero-order valence-electron chi connectivity index (χ0n) is 15.9. The third-order valence-corrected chi connectivity index (χ3v) is 8.10. The summed E-state index contributed by atoms with van der Waals surface area (Å²) in [4.78, 5) is 13.8. The molecule has 2 aromatic rings. The van der Waals surface area contributed by atoms with E-state index >= 15 is 0 Å². The third-order valence-electron chi connectivity index (χ3n) is 4.82. The van der Waals surface area contributed by atoms with Crippen LogP contribution in [0.2, 0.25) is 10.0 Å². The molecule has 0 saturated carbocycles. The van der Waals surface area contributed by atoms with Gasteiger partial charge in [-0.2, -0.15) is 0 Å². The number of nitrogens with zero attached hydrogens (tertiary/aromatic N) is 1. The van der Waals surface area contributed by atoms with Gasteiger partial charge in [0, 0.05) is 23.7 Å². The Hall–Kier alpha value is -1.25. The molecule has 5 nitrogen and oxygen atoms in total. The zero-order valence-corrected chi connectivity index (χ0v) is 19.0. The van der Waals surface area contributed by atoms with Gasteiger partial charge in [0.05, 0.1) is 21.7 Å². The van der Waals surface area contributed by atoms with Crippen molar-refractivity contribution in [1.29, 1.82) is 0 Å². The van der Waals surface area contributed by atoms with Gasteiger partial charge in [-0.3, -0.25) is 4.79 Å². The van der Waals surface area contributed by atoms with Gasteiger partial charge < -0.3 is 5.32 Å². The topological polar surface area (TPSA) is 66.5 Å². The first-order valence-electron chi connectivity index (χ1n) is 9.15. The third kappa shape index (κ3) is 5.89. The smallest absolute Gasteiger partial charge is 0.228 e. The van der Waals surface area contributed by atoms with Crippen molar-refractivity contribution in [3.63, 3.8) is 0 Å². The Morgan fingerprint density at radius 2 is 2.00 bits per heavy atom. The van der Waals surface area contributed by atoms with Gasteiger partial charge in [0.25, 0.3) is 0 Å². The van der Waals surface area contributed by atoms with E-state index in [2.05, 4.69) is 5.32 Å². The molecule has 0 aromatic heterocycles. The van der Waals surface area contributed by atoms with Crippen molar-refractivity contribution in [3.8, 4) is 0 Å². The molecule has 0 bridgehead atoms. The molecular weight excluding hydrogens is 451 g/mol. The number of thioether (sulfide) groups is 1. The van der Waals surface area contributed by atoms with Gasteiger partial charge in [-0.25, -0.2) is 12.7 Å². The molecule has 1 aliphatic heterocycles. The van der Waals surface area contributed by atoms with Crippen LogP contribution < -0.4 is 5.32 Å². The lowest BCUT2D eigenvalue weighted by Crippen LogP contribution is -2.44. The van der Waals surface area contributed by atoms with Gasteiger partial charge in [-0.05, 0) is 55.0 Å². The SMILES string of the molecule is CSc1cccc(NC(=O)C2CCCN(S(=O)(=O)Cc3ccc(Cl)c(Cl)c3)C2)c1. The fourth-order valence-electron chi connectivity index (χ4n) is 3.29. The van der Waals surface area contributed by atoms with Gasteiger partial charge in [-0.15, -0.1) is 11.8 Å². The Kier molecular flexibility index (Phi) is 7.51. The van der Waals surface area contributed by atoms with E-state index in [4.69, 9.17) is 23.2 Å². The van der Waals surface area contributed by atoms with Crippen molar-refractivity contribution in [2.75, 3.05) is 24.7 Å². The summed E-state index contributed by atoms with van der Waals surface area (Å²) in [5.74, 6) is -0.712. The van der Waals surface area contributed by atoms with Gasteiger partial charge in [-0.1, -0.05) is 35.3 Å². The lowest BCUT2D eigenvalue weighted by Gasteiger charge is -2.31. The van der Waals surface area contributed by atoms with Crippen LogP contribution in [-0.2, 0) is 20.6 Å². The van der Waals surface area contributed by atoms with Crippen LogP contribution in [0.5, 0.6) is 0 Å². The molecular formula is C20H22Cl2N2O3S2. The van der Waals surface area contributed by atoms with E-state index in [1.165, 1.54) is 4.31 Å². The highest BCUT2D eigenvalue weighted by Crippen LogP contribution is 2.27. The zero-order chi connectivity index (χ0) is 21.0. The summed E-state index contributed by atoms with van der Waals surface area (Å²) in [6, 6.07) is 12.4. The first-order chi connectivity index (χ1) is 13.8. The number of benzene rings is 2. The summed E-state index contributed by atoms with van der Waals surface area (Å²) >= 11 is 13.5. The maximum Gasteiger partial charge on any atom is 0.228 e. The minimum atomic E-state index is -3.57. The second-order valence-corrected chi connectivity index (χ2v) is 10.6. The molecule has 0 radical (unpaired) electrons. The molecule has 156 valence electrons. The lowest BCUT2D eigenvalue weighted by atomic mass is 9.99. The van der Waals surface area contributed by atoms with Gasteiger partial charge in [0.15, 0.2) is 0 Å². The van der Waals surface area contributed by atoms with Crippen molar-refractivity contribution in [3.05, 3.63) is 58.1 Å². The van der Waals surface area contributed by atoms with E-state index in [1.807, 2.05) is 30.5 Å². The van der Waals surface area contributed by atoms with Crippen LogP contribution in [0.1, 0.15) is 18.4 Å². The quantitative estimate of drug-likeness (QED) is 0.607. The molecule has 1 fully saturated rings. The summed E-state index contributed by atoms with van der Waals surface area (Å²) in [6.45, 7) is 0.590. The van der Waals surface area contributed by atoms with Crippen molar-refractivity contribution in [2.24, 2.45) is 5.92 Å². The Morgan fingerprint density at radius 3 is 2.72 bits per heavy atom. The number of anilines is 1. The first kappa shape index (κ1) is 22.4. The lowest BCUT2D eigenvalue weighted by molar-refractivity contribution is -0.120. The van der Waals surface area contributed by atoms with Crippen LogP contribution in [0.15, 0.2) is 47.4 Å². The summed E-state index contributed by atoms with van der Waals surface area (Å²) in [5, 5.41) is 3.62. The molecule has 1 heterocycles. The van der Waals surface area contributed by atoms with Crippen LogP contribution in [0.3, 0.4) is 0 Å². The molecule has 1 atom stereocenters. The first-order valence-corrected chi connectivity index (χ1v) is 12.7. The molecule has 1 amide bonds. The number of halogens is 2. The normalized spacial score (nSPS) is 17.8. The minimum absolute atomic E-state index is 0.155. The number of carbonyl (C=O) groups is 1. The van der Waals surface area contributed by atoms with Crippen molar-refractivity contribution in [2.45, 2.75) is 23.5 Å². The average Bonchev–Trinajstić information content (AvgIpc) is 2.71. The summed E-state index contributed by atoms with van der Waals surface area (Å²) in [5.41, 5.74) is 1.29. The van der Waals surface area contributed by atoms with E-state index in [-0.39, 0.29) is 24.1 Å². The van der Waals surface area contributed by atoms with E-state index in [0.717, 1.165) is 10.6 Å². The van der Waals surface area contributed by atoms with E-state index in [0.29, 0.717) is 35.0 Å². The highest BCUT2D eigenvalue weighted by molar-refractivity contribution is 7.98. The number of amides is 1. The van der Waals surface area contributed by atoms with Gasteiger partial charge in [0.1, 0.15) is 0 Å². The molecule has 0 aliphatic carbocycles. The monoisotopic (exact) mass is 472 g/mol. The van der Waals surface area contributed by atoms with Crippen LogP contribution in [0, 0.1) is 5.92 Å². The molecule has 29 heavy (non-hydrogen) atoms. The number of nitrogens with one attached hydrogen (secondary N) is 1. The predicted octanol–water partition coefficient (Wildman–Crippen LogP) is 4.90. The van der Waals surface area contributed by atoms with Gasteiger partial charge in [0.2, 0.25) is 15.9 Å². The van der Waals surface area contributed by atoms with E-state index in [1.54, 1.807) is 30.0 Å². The number of sulfonamides is 1. The Labute approximate surface area is 185 Å². The van der Waals surface area contributed by atoms with Crippen molar-refractivity contribution in [1.82, 2.24) is 4.31 Å². The highest BCUT2D eigenvalue weighted by Gasteiger charge is 2.32. The Balaban J connectivity index is 1.67. The Bertz CT molecular complexity index is 999. The molecule has 1 unspecified atom stereocenters. The number of hydrogen-bond acceptors (Lipinski definition) is 4. The van der Waals surface area contributed by atoms with E-state index in [9.17, 15) is 13.2 Å². The van der Waals surface area contributed by atoms with E-state index < -0.39 is 10.0 Å². The van der Waals surface area contributed by atoms with Crippen molar-refractivity contribution < 1.29 is 13.2 Å². The number of hydrogen-bond donors (Lipinski definition) is 1. The van der Waals surface area contributed by atoms with Crippen LogP contribution in [0.4, 0.5) is 5.69 Å². The molecule has 1 N–H and O–H groups in total. The maximum absolute atomic E-state index is 12.9. The van der Waals surface area contributed by atoms with Gasteiger partial charge >= 0.3 is 0 Å². The number of carbonyl (C=O) groups excluding carboxylic acids is 1. The standard InChI is InChI=1S/C20H22Cl2N2O3S2/c1-28-17-6-2-5-16(11-17)23-20(25)15-4-3-9-24(12-15)29(26,27)13-14-7-8-18(21)19(22)10-14/h2,5-8,10-11,15H,3-4,9,12-13H2,1H3,(H,23,25). The second kappa shape index (κ2) is 9.71. The summed E-state index contributed by atoms with van der Waals surface area (Å²) in [6.07, 6.45) is 3.27. The van der Waals surface area contributed by atoms with Crippen molar-refractivity contribution >= 4 is 56.6 Å². The number of piperidine rings is 1. The molecule has 3 rings (SSSR count).